The van der Waals surface area contributed by atoms with Crippen LogP contribution in [-0.2, 0) is 5.88 Å². The summed E-state index contributed by atoms with van der Waals surface area (Å²) in [5.41, 5.74) is 2.14. The molecular weight excluding hydrogens is 303 g/mol. The summed E-state index contributed by atoms with van der Waals surface area (Å²) in [6.07, 6.45) is 7.76. The molecule has 1 aromatic heterocycles. The van der Waals surface area contributed by atoms with Crippen LogP contribution in [0.4, 0.5) is 0 Å². The second-order valence-electron chi connectivity index (χ2n) is 6.13. The molecule has 0 radical (unpaired) electrons. The molecule has 1 aliphatic carbocycles. The van der Waals surface area contributed by atoms with Crippen LogP contribution in [-0.4, -0.2) is 9.55 Å². The molecule has 2 nitrogen and oxygen atoms in total. The molecule has 4 heteroatoms. The first-order chi connectivity index (χ1) is 10.2. The average Bonchev–Trinajstić information content (AvgIpc) is 2.86. The quantitative estimate of drug-likeness (QED) is 0.634. The molecule has 0 unspecified atom stereocenters. The molecule has 1 saturated carbocycles. The lowest BCUT2D eigenvalue weighted by molar-refractivity contribution is 0.263. The first kappa shape index (κ1) is 15.2. The Labute approximate surface area is 136 Å². The SMILES string of the molecule is CCCC1CCC(n2c(CCl)nc3ccc(Cl)cc32)CC1. The lowest BCUT2D eigenvalue weighted by atomic mass is 9.83. The summed E-state index contributed by atoms with van der Waals surface area (Å²) in [5, 5.41) is 0.768. The Morgan fingerprint density at radius 1 is 1.24 bits per heavy atom. The molecule has 0 aliphatic heterocycles. The molecule has 0 spiro atoms. The molecule has 21 heavy (non-hydrogen) atoms. The lowest BCUT2D eigenvalue weighted by Gasteiger charge is -2.30. The van der Waals surface area contributed by atoms with Gasteiger partial charge in [-0.05, 0) is 49.8 Å². The molecular formula is C17H22Cl2N2. The Hall–Kier alpha value is -0.730. The number of aromatic nitrogens is 2. The Kier molecular flexibility index (Phi) is 4.75. The highest BCUT2D eigenvalue weighted by Crippen LogP contribution is 2.37. The number of nitrogens with zero attached hydrogens (tertiary/aromatic N) is 2. The molecule has 1 aromatic carbocycles. The summed E-state index contributed by atoms with van der Waals surface area (Å²) < 4.78 is 2.34. The van der Waals surface area contributed by atoms with Crippen LogP contribution in [0.5, 0.6) is 0 Å². The fraction of sp³-hybridized carbons (Fsp3) is 0.588. The molecule has 1 aliphatic rings. The van der Waals surface area contributed by atoms with Crippen LogP contribution >= 0.6 is 23.2 Å². The molecule has 0 amide bonds. The van der Waals surface area contributed by atoms with Crippen LogP contribution in [0.25, 0.3) is 11.0 Å². The number of fused-ring (bicyclic) bond motifs is 1. The normalized spacial score (nSPS) is 22.8. The summed E-state index contributed by atoms with van der Waals surface area (Å²) in [6, 6.07) is 6.44. The highest BCUT2D eigenvalue weighted by molar-refractivity contribution is 6.31. The van der Waals surface area contributed by atoms with E-state index >= 15 is 0 Å². The number of alkyl halides is 1. The van der Waals surface area contributed by atoms with Crippen LogP contribution in [0.2, 0.25) is 5.02 Å². The van der Waals surface area contributed by atoms with Gasteiger partial charge in [0.25, 0.3) is 0 Å². The van der Waals surface area contributed by atoms with Crippen LogP contribution in [0.1, 0.15) is 57.3 Å². The third kappa shape index (κ3) is 3.07. The molecule has 114 valence electrons. The average molecular weight is 325 g/mol. The smallest absolute Gasteiger partial charge is 0.125 e. The maximum Gasteiger partial charge on any atom is 0.125 e. The van der Waals surface area contributed by atoms with Gasteiger partial charge in [0.15, 0.2) is 0 Å². The zero-order valence-electron chi connectivity index (χ0n) is 12.5. The van der Waals surface area contributed by atoms with Gasteiger partial charge >= 0.3 is 0 Å². The van der Waals surface area contributed by atoms with Gasteiger partial charge in [0.2, 0.25) is 0 Å². The van der Waals surface area contributed by atoms with Gasteiger partial charge in [-0.25, -0.2) is 4.98 Å². The topological polar surface area (TPSA) is 17.8 Å². The van der Waals surface area contributed by atoms with Gasteiger partial charge in [-0.3, -0.25) is 0 Å². The predicted octanol–water partition coefficient (Wildman–Crippen LogP) is 5.96. The fourth-order valence-electron chi connectivity index (χ4n) is 3.72. The number of hydrogen-bond acceptors (Lipinski definition) is 1. The van der Waals surface area contributed by atoms with Crippen molar-refractivity contribution in [3.8, 4) is 0 Å². The van der Waals surface area contributed by atoms with E-state index in [4.69, 9.17) is 23.2 Å². The van der Waals surface area contributed by atoms with Crippen molar-refractivity contribution >= 4 is 34.2 Å². The van der Waals surface area contributed by atoms with Gasteiger partial charge in [-0.15, -0.1) is 11.6 Å². The van der Waals surface area contributed by atoms with Crippen LogP contribution in [0.15, 0.2) is 18.2 Å². The van der Waals surface area contributed by atoms with E-state index in [0.717, 1.165) is 27.8 Å². The molecule has 0 atom stereocenters. The molecule has 0 saturated heterocycles. The van der Waals surface area contributed by atoms with E-state index in [0.29, 0.717) is 11.9 Å². The van der Waals surface area contributed by atoms with Crippen LogP contribution < -0.4 is 0 Å². The molecule has 2 aromatic rings. The van der Waals surface area contributed by atoms with Gasteiger partial charge in [0, 0.05) is 11.1 Å². The van der Waals surface area contributed by atoms with Gasteiger partial charge in [0.05, 0.1) is 16.9 Å². The molecule has 0 N–H and O–H groups in total. The van der Waals surface area contributed by atoms with Crippen molar-refractivity contribution in [1.82, 2.24) is 9.55 Å². The van der Waals surface area contributed by atoms with Gasteiger partial charge < -0.3 is 4.57 Å². The van der Waals surface area contributed by atoms with Crippen molar-refractivity contribution in [2.45, 2.75) is 57.4 Å². The van der Waals surface area contributed by atoms with Crippen molar-refractivity contribution < 1.29 is 0 Å². The van der Waals surface area contributed by atoms with E-state index in [1.807, 2.05) is 18.2 Å². The van der Waals surface area contributed by atoms with Crippen LogP contribution in [0, 0.1) is 5.92 Å². The van der Waals surface area contributed by atoms with E-state index in [-0.39, 0.29) is 0 Å². The Morgan fingerprint density at radius 2 is 2.00 bits per heavy atom. The first-order valence-electron chi connectivity index (χ1n) is 7.95. The van der Waals surface area contributed by atoms with Gasteiger partial charge in [-0.2, -0.15) is 0 Å². The third-order valence-corrected chi connectivity index (χ3v) is 5.20. The van der Waals surface area contributed by atoms with Crippen LogP contribution in [0.3, 0.4) is 0 Å². The number of hydrogen-bond donors (Lipinski definition) is 0. The number of imidazole rings is 1. The zero-order chi connectivity index (χ0) is 14.8. The fourth-order valence-corrected chi connectivity index (χ4v) is 4.07. The second kappa shape index (κ2) is 6.58. The molecule has 3 rings (SSSR count). The van der Waals surface area contributed by atoms with E-state index in [2.05, 4.69) is 16.5 Å². The second-order valence-corrected chi connectivity index (χ2v) is 6.83. The van der Waals surface area contributed by atoms with Crippen molar-refractivity contribution in [1.29, 1.82) is 0 Å². The van der Waals surface area contributed by atoms with Crippen molar-refractivity contribution in [3.05, 3.63) is 29.0 Å². The minimum absolute atomic E-state index is 0.460. The van der Waals surface area contributed by atoms with Crippen molar-refractivity contribution in [2.75, 3.05) is 0 Å². The molecule has 1 heterocycles. The maximum absolute atomic E-state index is 6.17. The highest BCUT2D eigenvalue weighted by atomic mass is 35.5. The number of halogens is 2. The summed E-state index contributed by atoms with van der Waals surface area (Å²) >= 11 is 12.3. The summed E-state index contributed by atoms with van der Waals surface area (Å²) in [7, 11) is 0. The Morgan fingerprint density at radius 3 is 2.67 bits per heavy atom. The van der Waals surface area contributed by atoms with Gasteiger partial charge in [0.1, 0.15) is 5.82 Å². The third-order valence-electron chi connectivity index (χ3n) is 4.72. The van der Waals surface area contributed by atoms with Crippen molar-refractivity contribution in [3.63, 3.8) is 0 Å². The summed E-state index contributed by atoms with van der Waals surface area (Å²) in [4.78, 5) is 4.68. The largest absolute Gasteiger partial charge is 0.324 e. The van der Waals surface area contributed by atoms with Crippen molar-refractivity contribution in [2.24, 2.45) is 5.92 Å². The Bertz CT molecular complexity index is 613. The standard InChI is InChI=1S/C17H22Cl2N2/c1-2-3-12-4-7-14(8-5-12)21-16-10-13(19)6-9-15(16)20-17(21)11-18/h6,9-10,12,14H,2-5,7-8,11H2,1H3. The van der Waals surface area contributed by atoms with Gasteiger partial charge in [-0.1, -0.05) is 31.4 Å². The summed E-state index contributed by atoms with van der Waals surface area (Å²) in [6.45, 7) is 2.28. The predicted molar refractivity (Wildman–Crippen MR) is 90.2 cm³/mol. The van der Waals surface area contributed by atoms with E-state index in [1.54, 1.807) is 0 Å². The summed E-state index contributed by atoms with van der Waals surface area (Å²) in [5.74, 6) is 2.35. The monoisotopic (exact) mass is 324 g/mol. The van der Waals surface area contributed by atoms with E-state index < -0.39 is 0 Å². The number of benzene rings is 1. The van der Waals surface area contributed by atoms with E-state index in [1.165, 1.54) is 38.5 Å². The Balaban J connectivity index is 1.91. The molecule has 0 bridgehead atoms. The first-order valence-corrected chi connectivity index (χ1v) is 8.86. The lowest BCUT2D eigenvalue weighted by Crippen LogP contribution is -2.19. The minimum Gasteiger partial charge on any atom is -0.324 e. The minimum atomic E-state index is 0.460. The van der Waals surface area contributed by atoms with E-state index in [9.17, 15) is 0 Å². The highest BCUT2D eigenvalue weighted by Gasteiger charge is 2.25. The zero-order valence-corrected chi connectivity index (χ0v) is 14.0. The maximum atomic E-state index is 6.17. The molecule has 1 fully saturated rings. The number of rotatable bonds is 4.